The number of benzene rings is 3. The lowest BCUT2D eigenvalue weighted by molar-refractivity contribution is -0.139. The SMILES string of the molecule is CCOc1ccc(N(CC(=O)N(CCc2ccccc2)C(CC)C(=O)NCC(C)C)S(=O)(=O)c2ccc(SC)cc2)cc1. The summed E-state index contributed by atoms with van der Waals surface area (Å²) in [5.41, 5.74) is 1.34. The molecular formula is C33H43N3O5S2. The first-order valence-corrected chi connectivity index (χ1v) is 17.3. The van der Waals surface area contributed by atoms with E-state index in [2.05, 4.69) is 5.32 Å². The van der Waals surface area contributed by atoms with Crippen LogP contribution < -0.4 is 14.4 Å². The molecule has 3 aromatic carbocycles. The molecule has 10 heteroatoms. The molecule has 0 radical (unpaired) electrons. The summed E-state index contributed by atoms with van der Waals surface area (Å²) < 4.78 is 34.8. The number of sulfonamides is 1. The van der Waals surface area contributed by atoms with Gasteiger partial charge in [-0.15, -0.1) is 11.8 Å². The Morgan fingerprint density at radius 2 is 1.58 bits per heavy atom. The normalized spacial score (nSPS) is 12.0. The van der Waals surface area contributed by atoms with E-state index in [0.717, 1.165) is 14.8 Å². The Bertz CT molecular complexity index is 1410. The third kappa shape index (κ3) is 9.49. The Balaban J connectivity index is 2.01. The van der Waals surface area contributed by atoms with E-state index in [-0.39, 0.29) is 23.3 Å². The van der Waals surface area contributed by atoms with Gasteiger partial charge in [-0.1, -0.05) is 51.1 Å². The largest absolute Gasteiger partial charge is 0.494 e. The first-order valence-electron chi connectivity index (χ1n) is 14.6. The van der Waals surface area contributed by atoms with E-state index >= 15 is 0 Å². The zero-order valence-corrected chi connectivity index (χ0v) is 27.3. The van der Waals surface area contributed by atoms with Crippen molar-refractivity contribution in [3.05, 3.63) is 84.4 Å². The van der Waals surface area contributed by atoms with Gasteiger partial charge in [-0.3, -0.25) is 13.9 Å². The van der Waals surface area contributed by atoms with Crippen molar-refractivity contribution in [2.45, 2.75) is 56.4 Å². The zero-order chi connectivity index (χ0) is 31.4. The predicted octanol–water partition coefficient (Wildman–Crippen LogP) is 5.62. The summed E-state index contributed by atoms with van der Waals surface area (Å²) in [5, 5.41) is 2.96. The molecule has 3 rings (SSSR count). The van der Waals surface area contributed by atoms with E-state index in [9.17, 15) is 18.0 Å². The second-order valence-electron chi connectivity index (χ2n) is 10.5. The van der Waals surface area contributed by atoms with Gasteiger partial charge in [0.1, 0.15) is 18.3 Å². The first-order chi connectivity index (χ1) is 20.6. The summed E-state index contributed by atoms with van der Waals surface area (Å²) in [7, 11) is -4.14. The van der Waals surface area contributed by atoms with Crippen molar-refractivity contribution < 1.29 is 22.7 Å². The van der Waals surface area contributed by atoms with E-state index in [4.69, 9.17) is 4.74 Å². The van der Waals surface area contributed by atoms with Crippen molar-refractivity contribution in [1.29, 1.82) is 0 Å². The van der Waals surface area contributed by atoms with Gasteiger partial charge in [0.25, 0.3) is 10.0 Å². The molecule has 0 fully saturated rings. The quantitative estimate of drug-likeness (QED) is 0.208. The number of rotatable bonds is 16. The molecule has 0 heterocycles. The number of carbonyl (C=O) groups is 2. The fourth-order valence-electron chi connectivity index (χ4n) is 4.60. The van der Waals surface area contributed by atoms with Crippen LogP contribution in [0.15, 0.2) is 88.7 Å². The maximum atomic E-state index is 14.2. The molecule has 1 N–H and O–H groups in total. The molecular weight excluding hydrogens is 583 g/mol. The van der Waals surface area contributed by atoms with Crippen LogP contribution in [0.3, 0.4) is 0 Å². The molecule has 0 aliphatic carbocycles. The van der Waals surface area contributed by atoms with Crippen molar-refractivity contribution in [2.75, 3.05) is 36.8 Å². The minimum atomic E-state index is -4.14. The van der Waals surface area contributed by atoms with Gasteiger partial charge < -0.3 is 15.0 Å². The van der Waals surface area contributed by atoms with Crippen LogP contribution in [-0.2, 0) is 26.0 Å². The van der Waals surface area contributed by atoms with Crippen molar-refractivity contribution in [1.82, 2.24) is 10.2 Å². The fraction of sp³-hybridized carbons (Fsp3) is 0.394. The number of thioether (sulfide) groups is 1. The summed E-state index contributed by atoms with van der Waals surface area (Å²) >= 11 is 1.51. The Morgan fingerprint density at radius 3 is 2.14 bits per heavy atom. The molecule has 0 aliphatic rings. The first kappa shape index (κ1) is 34.0. The van der Waals surface area contributed by atoms with Crippen LogP contribution in [-0.4, -0.2) is 63.7 Å². The van der Waals surface area contributed by atoms with E-state index in [0.29, 0.717) is 37.4 Å². The summed E-state index contributed by atoms with van der Waals surface area (Å²) in [6, 6.07) is 22.2. The van der Waals surface area contributed by atoms with E-state index in [1.165, 1.54) is 16.7 Å². The average molecular weight is 626 g/mol. The molecule has 1 unspecified atom stereocenters. The van der Waals surface area contributed by atoms with Gasteiger partial charge in [0, 0.05) is 18.0 Å². The molecule has 0 bridgehead atoms. The third-order valence-electron chi connectivity index (χ3n) is 6.92. The highest BCUT2D eigenvalue weighted by molar-refractivity contribution is 7.98. The van der Waals surface area contributed by atoms with Crippen LogP contribution in [0.25, 0.3) is 0 Å². The summed E-state index contributed by atoms with van der Waals surface area (Å²) in [6.07, 6.45) is 2.82. The number of anilines is 1. The Hall–Kier alpha value is -3.50. The monoisotopic (exact) mass is 625 g/mol. The van der Waals surface area contributed by atoms with Crippen LogP contribution >= 0.6 is 11.8 Å². The summed E-state index contributed by atoms with van der Waals surface area (Å²) in [4.78, 5) is 30.0. The molecule has 1 atom stereocenters. The Morgan fingerprint density at radius 1 is 0.930 bits per heavy atom. The fourth-order valence-corrected chi connectivity index (χ4v) is 6.42. The van der Waals surface area contributed by atoms with Crippen LogP contribution in [0.2, 0.25) is 0 Å². The molecule has 0 aliphatic heterocycles. The number of amides is 2. The topological polar surface area (TPSA) is 96.0 Å². The van der Waals surface area contributed by atoms with Gasteiger partial charge in [-0.05, 0) is 86.0 Å². The zero-order valence-electron chi connectivity index (χ0n) is 25.7. The van der Waals surface area contributed by atoms with Crippen molar-refractivity contribution in [3.8, 4) is 5.75 Å². The van der Waals surface area contributed by atoms with Gasteiger partial charge in [-0.2, -0.15) is 0 Å². The van der Waals surface area contributed by atoms with Crippen LogP contribution in [0, 0.1) is 5.92 Å². The third-order valence-corrected chi connectivity index (χ3v) is 9.45. The Kier molecular flexibility index (Phi) is 12.9. The number of nitrogens with one attached hydrogen (secondary N) is 1. The standard InChI is InChI=1S/C33H43N3O5S2/c1-6-31(33(38)34-23-25(3)4)35(22-21-26-11-9-8-10-12-26)32(37)24-36(27-13-15-28(16-14-27)41-7-2)43(39,40)30-19-17-29(42-5)18-20-30/h8-20,25,31H,6-7,21-24H2,1-5H3,(H,34,38). The summed E-state index contributed by atoms with van der Waals surface area (Å²) in [6.45, 7) is 8.48. The van der Waals surface area contributed by atoms with E-state index in [1.54, 1.807) is 48.5 Å². The molecule has 0 saturated heterocycles. The smallest absolute Gasteiger partial charge is 0.264 e. The summed E-state index contributed by atoms with van der Waals surface area (Å²) in [5.74, 6) is 0.130. The Labute approximate surface area is 260 Å². The molecule has 2 amide bonds. The second kappa shape index (κ2) is 16.4. The minimum Gasteiger partial charge on any atom is -0.494 e. The molecule has 8 nitrogen and oxygen atoms in total. The van der Waals surface area contributed by atoms with Crippen LogP contribution in [0.5, 0.6) is 5.75 Å². The van der Waals surface area contributed by atoms with Gasteiger partial charge in [-0.25, -0.2) is 8.42 Å². The molecule has 232 valence electrons. The molecule has 0 spiro atoms. The molecule has 0 aromatic heterocycles. The van der Waals surface area contributed by atoms with E-state index < -0.39 is 28.5 Å². The van der Waals surface area contributed by atoms with Crippen molar-refractivity contribution in [2.24, 2.45) is 5.92 Å². The molecule has 43 heavy (non-hydrogen) atoms. The van der Waals surface area contributed by atoms with Gasteiger partial charge in [0.15, 0.2) is 0 Å². The maximum Gasteiger partial charge on any atom is 0.264 e. The highest BCUT2D eigenvalue weighted by atomic mass is 32.2. The van der Waals surface area contributed by atoms with Crippen molar-refractivity contribution in [3.63, 3.8) is 0 Å². The van der Waals surface area contributed by atoms with Gasteiger partial charge in [0.2, 0.25) is 11.8 Å². The number of carbonyl (C=O) groups excluding carboxylic acids is 2. The number of hydrogen-bond donors (Lipinski definition) is 1. The lowest BCUT2D eigenvalue weighted by Gasteiger charge is -2.33. The number of nitrogens with zero attached hydrogens (tertiary/aromatic N) is 2. The predicted molar refractivity (Wildman–Crippen MR) is 174 cm³/mol. The highest BCUT2D eigenvalue weighted by Crippen LogP contribution is 2.28. The van der Waals surface area contributed by atoms with Crippen LogP contribution in [0.1, 0.15) is 39.7 Å². The maximum absolute atomic E-state index is 14.2. The second-order valence-corrected chi connectivity index (χ2v) is 13.2. The minimum absolute atomic E-state index is 0.0736. The highest BCUT2D eigenvalue weighted by Gasteiger charge is 2.33. The average Bonchev–Trinajstić information content (AvgIpc) is 3.01. The van der Waals surface area contributed by atoms with Gasteiger partial charge >= 0.3 is 0 Å². The molecule has 3 aromatic rings. The van der Waals surface area contributed by atoms with Crippen LogP contribution in [0.4, 0.5) is 5.69 Å². The lowest BCUT2D eigenvalue weighted by Crippen LogP contribution is -2.53. The molecule has 0 saturated carbocycles. The number of ether oxygens (including phenoxy) is 1. The van der Waals surface area contributed by atoms with E-state index in [1.807, 2.05) is 64.3 Å². The van der Waals surface area contributed by atoms with Gasteiger partial charge in [0.05, 0.1) is 17.2 Å². The van der Waals surface area contributed by atoms with Crippen molar-refractivity contribution >= 4 is 39.3 Å². The number of hydrogen-bond acceptors (Lipinski definition) is 6. The lowest BCUT2D eigenvalue weighted by atomic mass is 10.1.